The molecule has 0 aromatic heterocycles. The molecule has 3 heteroatoms. The van der Waals surface area contributed by atoms with E-state index in [-0.39, 0.29) is 13.2 Å². The summed E-state index contributed by atoms with van der Waals surface area (Å²) in [6, 6.07) is 0. The van der Waals surface area contributed by atoms with E-state index >= 15 is 0 Å². The number of rotatable bonds is 7. The van der Waals surface area contributed by atoms with E-state index in [1.54, 1.807) is 0 Å². The van der Waals surface area contributed by atoms with Gasteiger partial charge >= 0.3 is 0 Å². The molecular weight excluding hydrogens is 214 g/mol. The van der Waals surface area contributed by atoms with Crippen LogP contribution in [0.15, 0.2) is 0 Å². The van der Waals surface area contributed by atoms with E-state index in [1.165, 1.54) is 25.7 Å². The van der Waals surface area contributed by atoms with E-state index in [9.17, 15) is 0 Å². The van der Waals surface area contributed by atoms with Crippen LogP contribution in [0, 0.1) is 17.8 Å². The summed E-state index contributed by atoms with van der Waals surface area (Å²) in [5.74, 6) is 2.58. The van der Waals surface area contributed by atoms with Crippen molar-refractivity contribution in [2.24, 2.45) is 17.8 Å². The molecule has 1 fully saturated rings. The van der Waals surface area contributed by atoms with Gasteiger partial charge < -0.3 is 10.2 Å². The van der Waals surface area contributed by atoms with Crippen LogP contribution in [0.1, 0.15) is 39.5 Å². The van der Waals surface area contributed by atoms with Gasteiger partial charge in [-0.15, -0.1) is 0 Å². The van der Waals surface area contributed by atoms with E-state index in [0.29, 0.717) is 13.1 Å². The third-order valence-corrected chi connectivity index (χ3v) is 3.96. The highest BCUT2D eigenvalue weighted by molar-refractivity contribution is 4.76. The van der Waals surface area contributed by atoms with Crippen molar-refractivity contribution >= 4 is 0 Å². The van der Waals surface area contributed by atoms with Gasteiger partial charge in [0.2, 0.25) is 0 Å². The van der Waals surface area contributed by atoms with E-state index < -0.39 is 0 Å². The van der Waals surface area contributed by atoms with Gasteiger partial charge in [0.15, 0.2) is 0 Å². The fourth-order valence-electron chi connectivity index (χ4n) is 3.33. The highest BCUT2D eigenvalue weighted by Crippen LogP contribution is 2.34. The summed E-state index contributed by atoms with van der Waals surface area (Å²) in [5.41, 5.74) is 0. The number of aliphatic hydroxyl groups excluding tert-OH is 2. The molecule has 1 saturated carbocycles. The Balaban J connectivity index is 2.27. The van der Waals surface area contributed by atoms with Gasteiger partial charge in [0.25, 0.3) is 0 Å². The van der Waals surface area contributed by atoms with E-state index in [2.05, 4.69) is 18.7 Å². The minimum atomic E-state index is 0.192. The standard InChI is InChI=1S/C14H29NO2/c1-12-9-13(2)11-14(10-12)3-4-15(5-7-16)6-8-17/h12-14,16-17H,3-11H2,1-2H3. The van der Waals surface area contributed by atoms with E-state index in [0.717, 1.165) is 24.3 Å². The summed E-state index contributed by atoms with van der Waals surface area (Å²) in [4.78, 5) is 2.17. The molecule has 1 aliphatic rings. The summed E-state index contributed by atoms with van der Waals surface area (Å²) >= 11 is 0. The minimum absolute atomic E-state index is 0.192. The van der Waals surface area contributed by atoms with Crippen LogP contribution in [0.5, 0.6) is 0 Å². The molecule has 0 spiro atoms. The molecule has 1 aliphatic carbocycles. The first-order chi connectivity index (χ1) is 8.15. The van der Waals surface area contributed by atoms with Crippen molar-refractivity contribution in [3.63, 3.8) is 0 Å². The van der Waals surface area contributed by atoms with Gasteiger partial charge in [-0.05, 0) is 50.0 Å². The zero-order valence-corrected chi connectivity index (χ0v) is 11.4. The molecule has 102 valence electrons. The average Bonchev–Trinajstić information content (AvgIpc) is 2.25. The first-order valence-corrected chi connectivity index (χ1v) is 7.09. The molecule has 0 saturated heterocycles. The summed E-state index contributed by atoms with van der Waals surface area (Å²) in [7, 11) is 0. The third kappa shape index (κ3) is 5.84. The lowest BCUT2D eigenvalue weighted by Crippen LogP contribution is -2.32. The Bertz CT molecular complexity index is 183. The second kappa shape index (κ2) is 8.06. The molecule has 17 heavy (non-hydrogen) atoms. The van der Waals surface area contributed by atoms with Crippen molar-refractivity contribution in [2.75, 3.05) is 32.8 Å². The summed E-state index contributed by atoms with van der Waals surface area (Å²) in [6.07, 6.45) is 5.31. The highest BCUT2D eigenvalue weighted by Gasteiger charge is 2.23. The van der Waals surface area contributed by atoms with Crippen LogP contribution in [0.4, 0.5) is 0 Å². The molecule has 0 aromatic rings. The normalized spacial score (nSPS) is 29.8. The highest BCUT2D eigenvalue weighted by atomic mass is 16.3. The molecule has 0 bridgehead atoms. The maximum atomic E-state index is 8.96. The van der Waals surface area contributed by atoms with Gasteiger partial charge in [0.1, 0.15) is 0 Å². The van der Waals surface area contributed by atoms with Gasteiger partial charge in [-0.3, -0.25) is 4.90 Å². The number of hydrogen-bond acceptors (Lipinski definition) is 3. The van der Waals surface area contributed by atoms with Gasteiger partial charge in [-0.1, -0.05) is 13.8 Å². The third-order valence-electron chi connectivity index (χ3n) is 3.96. The predicted octanol–water partition coefficient (Wildman–Crippen LogP) is 1.74. The average molecular weight is 243 g/mol. The topological polar surface area (TPSA) is 43.7 Å². The van der Waals surface area contributed by atoms with Crippen LogP contribution in [0.2, 0.25) is 0 Å². The molecule has 0 aliphatic heterocycles. The summed E-state index contributed by atoms with van der Waals surface area (Å²) < 4.78 is 0. The van der Waals surface area contributed by atoms with Crippen LogP contribution < -0.4 is 0 Å². The van der Waals surface area contributed by atoms with Gasteiger partial charge in [0, 0.05) is 13.1 Å². The Kier molecular flexibility index (Phi) is 7.09. The smallest absolute Gasteiger partial charge is 0.0558 e. The number of aliphatic hydroxyl groups is 2. The van der Waals surface area contributed by atoms with E-state index in [4.69, 9.17) is 10.2 Å². The first kappa shape index (κ1) is 14.9. The van der Waals surface area contributed by atoms with Crippen molar-refractivity contribution < 1.29 is 10.2 Å². The molecule has 1 rings (SSSR count). The summed E-state index contributed by atoms with van der Waals surface area (Å²) in [5, 5.41) is 17.9. The minimum Gasteiger partial charge on any atom is -0.395 e. The molecule has 3 nitrogen and oxygen atoms in total. The Morgan fingerprint density at radius 1 is 0.882 bits per heavy atom. The Morgan fingerprint density at radius 3 is 1.88 bits per heavy atom. The molecule has 2 unspecified atom stereocenters. The number of nitrogens with zero attached hydrogens (tertiary/aromatic N) is 1. The Morgan fingerprint density at radius 2 is 1.41 bits per heavy atom. The molecule has 0 amide bonds. The second-order valence-electron chi connectivity index (χ2n) is 5.86. The molecule has 0 aromatic carbocycles. The monoisotopic (exact) mass is 243 g/mol. The first-order valence-electron chi connectivity index (χ1n) is 7.09. The molecule has 2 atom stereocenters. The molecular formula is C14H29NO2. The zero-order valence-electron chi connectivity index (χ0n) is 11.4. The second-order valence-corrected chi connectivity index (χ2v) is 5.86. The molecule has 0 radical (unpaired) electrons. The Hall–Kier alpha value is -0.120. The zero-order chi connectivity index (χ0) is 12.7. The molecule has 0 heterocycles. The van der Waals surface area contributed by atoms with Crippen LogP contribution in [-0.4, -0.2) is 48.0 Å². The van der Waals surface area contributed by atoms with Crippen LogP contribution >= 0.6 is 0 Å². The van der Waals surface area contributed by atoms with Crippen LogP contribution in [-0.2, 0) is 0 Å². The maximum Gasteiger partial charge on any atom is 0.0558 e. The lowest BCUT2D eigenvalue weighted by molar-refractivity contribution is 0.138. The van der Waals surface area contributed by atoms with Crippen molar-refractivity contribution in [3.05, 3.63) is 0 Å². The van der Waals surface area contributed by atoms with Crippen molar-refractivity contribution in [1.82, 2.24) is 4.90 Å². The quantitative estimate of drug-likeness (QED) is 0.716. The van der Waals surface area contributed by atoms with Gasteiger partial charge in [-0.25, -0.2) is 0 Å². The van der Waals surface area contributed by atoms with Crippen molar-refractivity contribution in [1.29, 1.82) is 0 Å². The Labute approximate surface area is 106 Å². The van der Waals surface area contributed by atoms with Gasteiger partial charge in [0.05, 0.1) is 13.2 Å². The maximum absolute atomic E-state index is 8.96. The SMILES string of the molecule is CC1CC(C)CC(CCN(CCO)CCO)C1. The number of hydrogen-bond donors (Lipinski definition) is 2. The fraction of sp³-hybridized carbons (Fsp3) is 1.00. The van der Waals surface area contributed by atoms with Crippen LogP contribution in [0.3, 0.4) is 0 Å². The largest absolute Gasteiger partial charge is 0.395 e. The van der Waals surface area contributed by atoms with E-state index in [1.807, 2.05) is 0 Å². The van der Waals surface area contributed by atoms with Crippen molar-refractivity contribution in [3.8, 4) is 0 Å². The van der Waals surface area contributed by atoms with Crippen molar-refractivity contribution in [2.45, 2.75) is 39.5 Å². The lowest BCUT2D eigenvalue weighted by Gasteiger charge is -2.33. The lowest BCUT2D eigenvalue weighted by atomic mass is 9.75. The predicted molar refractivity (Wildman–Crippen MR) is 70.9 cm³/mol. The summed E-state index contributed by atoms with van der Waals surface area (Å²) in [6.45, 7) is 7.51. The van der Waals surface area contributed by atoms with Crippen LogP contribution in [0.25, 0.3) is 0 Å². The van der Waals surface area contributed by atoms with Gasteiger partial charge in [-0.2, -0.15) is 0 Å². The molecule has 2 N–H and O–H groups in total. The fourth-order valence-corrected chi connectivity index (χ4v) is 3.33.